The van der Waals surface area contributed by atoms with Crippen LogP contribution in [0.2, 0.25) is 0 Å². The highest BCUT2D eigenvalue weighted by Crippen LogP contribution is 2.31. The second-order valence-electron chi connectivity index (χ2n) is 6.92. The average molecular weight is 417 g/mol. The highest BCUT2D eigenvalue weighted by molar-refractivity contribution is 7.11. The third kappa shape index (κ3) is 3.65. The summed E-state index contributed by atoms with van der Waals surface area (Å²) in [5, 5.41) is 2.08. The number of hydrogen-bond donors (Lipinski definition) is 0. The van der Waals surface area contributed by atoms with E-state index < -0.39 is 0 Å². The monoisotopic (exact) mass is 416 g/mol. The number of nitrogens with zero attached hydrogens (tertiary/aromatic N) is 4. The van der Waals surface area contributed by atoms with Crippen LogP contribution in [-0.2, 0) is 0 Å². The minimum Gasteiger partial charge on any atom is -0.249 e. The van der Waals surface area contributed by atoms with Crippen LogP contribution in [0.5, 0.6) is 0 Å². The van der Waals surface area contributed by atoms with Crippen LogP contribution in [0, 0.1) is 0 Å². The standard InChI is InChI=1S/C24H14N4S.Mg.2H/c1-2-24(29-9-1)22-13-21-12-19-6-5-17(26-19)10-15-3-4-16(25-15)11-18-7-8-20(27-18)14-23(22)28-21;;;/h1-14H;;;. The Bertz CT molecular complexity index is 1320. The van der Waals surface area contributed by atoms with Crippen molar-refractivity contribution in [1.29, 1.82) is 0 Å². The van der Waals surface area contributed by atoms with Crippen molar-refractivity contribution in [2.75, 3.05) is 0 Å². The lowest BCUT2D eigenvalue weighted by molar-refractivity contribution is 1.41. The van der Waals surface area contributed by atoms with Crippen LogP contribution < -0.4 is 0 Å². The lowest BCUT2D eigenvalue weighted by atomic mass is 10.1. The highest BCUT2D eigenvalue weighted by Gasteiger charge is 2.18. The van der Waals surface area contributed by atoms with E-state index in [2.05, 4.69) is 33.6 Å². The van der Waals surface area contributed by atoms with Gasteiger partial charge in [0, 0.05) is 10.5 Å². The topological polar surface area (TPSA) is 49.4 Å². The van der Waals surface area contributed by atoms with Gasteiger partial charge in [-0.3, -0.25) is 0 Å². The van der Waals surface area contributed by atoms with Gasteiger partial charge in [-0.2, -0.15) is 0 Å². The van der Waals surface area contributed by atoms with Crippen molar-refractivity contribution in [3.63, 3.8) is 0 Å². The summed E-state index contributed by atoms with van der Waals surface area (Å²) in [6, 6.07) is 4.18. The van der Waals surface area contributed by atoms with Gasteiger partial charge in [-0.1, -0.05) is 6.07 Å². The van der Waals surface area contributed by atoms with Gasteiger partial charge in [-0.15, -0.1) is 11.3 Å². The summed E-state index contributed by atoms with van der Waals surface area (Å²) in [6.45, 7) is 0. The predicted molar refractivity (Wildman–Crippen MR) is 130 cm³/mol. The highest BCUT2D eigenvalue weighted by atomic mass is 32.1. The first-order chi connectivity index (χ1) is 14.3. The molecular weight excluding hydrogens is 401 g/mol. The average Bonchev–Trinajstić information content (AvgIpc) is 3.50. The summed E-state index contributed by atoms with van der Waals surface area (Å²) < 4.78 is 0. The number of allylic oxidation sites excluding steroid dienone is 12. The molecule has 1 aromatic rings. The summed E-state index contributed by atoms with van der Waals surface area (Å²) in [5.74, 6) is 0. The molecule has 0 N–H and O–H groups in total. The maximum absolute atomic E-state index is 4.86. The van der Waals surface area contributed by atoms with Crippen molar-refractivity contribution in [1.82, 2.24) is 0 Å². The lowest BCUT2D eigenvalue weighted by Crippen LogP contribution is -1.94. The molecule has 6 heteroatoms. The fraction of sp³-hybridized carbons (Fsp3) is 0. The van der Waals surface area contributed by atoms with Crippen LogP contribution in [0.4, 0.5) is 0 Å². The molecule has 1 aromatic heterocycles. The quantitative estimate of drug-likeness (QED) is 0.615. The lowest BCUT2D eigenvalue weighted by Gasteiger charge is -1.99. The normalized spacial score (nSPS) is 20.5. The molecular formula is C24H16MgN4S. The molecule has 0 saturated carbocycles. The van der Waals surface area contributed by atoms with Crippen LogP contribution in [0.25, 0.3) is 5.57 Å². The van der Waals surface area contributed by atoms with Gasteiger partial charge >= 0.3 is 23.1 Å². The molecule has 140 valence electrons. The predicted octanol–water partition coefficient (Wildman–Crippen LogP) is 4.25. The van der Waals surface area contributed by atoms with Gasteiger partial charge in [0.25, 0.3) is 0 Å². The summed E-state index contributed by atoms with van der Waals surface area (Å²) in [5.41, 5.74) is 8.25. The molecule has 0 amide bonds. The third-order valence-electron chi connectivity index (χ3n) is 4.83. The summed E-state index contributed by atoms with van der Waals surface area (Å²) in [6.07, 6.45) is 22.2. The molecule has 5 aliphatic heterocycles. The second-order valence-corrected chi connectivity index (χ2v) is 7.87. The Kier molecular flexibility index (Phi) is 4.90. The zero-order chi connectivity index (χ0) is 19.2. The number of fused-ring (bicyclic) bond motifs is 4. The van der Waals surface area contributed by atoms with Gasteiger partial charge in [0.15, 0.2) is 0 Å². The molecule has 0 unspecified atom stereocenters. The Morgan fingerprint density at radius 1 is 0.567 bits per heavy atom. The first-order valence-electron chi connectivity index (χ1n) is 9.30. The molecule has 0 aromatic carbocycles. The number of thiophene rings is 1. The summed E-state index contributed by atoms with van der Waals surface area (Å²) in [7, 11) is 0. The largest absolute Gasteiger partial charge is 0.316 e. The fourth-order valence-corrected chi connectivity index (χ4v) is 4.28. The maximum Gasteiger partial charge on any atom is 0.316 e. The van der Waals surface area contributed by atoms with Crippen molar-refractivity contribution >= 4 is 62.8 Å². The van der Waals surface area contributed by atoms with Crippen LogP contribution in [0.1, 0.15) is 4.88 Å². The SMILES string of the molecule is C1=CC2=NC1=CC1=NC(=CC3=NC(=CC4=NC(=C2)C=C4)C=C3c2cccs2)C=C1.[MgH2]. The van der Waals surface area contributed by atoms with Gasteiger partial charge in [0.1, 0.15) is 0 Å². The van der Waals surface area contributed by atoms with Gasteiger partial charge in [-0.05, 0) is 78.3 Å². The molecule has 0 saturated heterocycles. The number of aliphatic imine (C=N–C) groups is 4. The Balaban J connectivity index is 0.00000193. The van der Waals surface area contributed by atoms with E-state index in [1.165, 1.54) is 4.88 Å². The maximum atomic E-state index is 4.86. The van der Waals surface area contributed by atoms with E-state index in [9.17, 15) is 0 Å². The third-order valence-corrected chi connectivity index (χ3v) is 5.73. The summed E-state index contributed by atoms with van der Waals surface area (Å²) >= 11 is 1.71. The van der Waals surface area contributed by atoms with E-state index in [1.54, 1.807) is 11.3 Å². The van der Waals surface area contributed by atoms with E-state index in [0.29, 0.717) is 0 Å². The molecule has 6 rings (SSSR count). The summed E-state index contributed by atoms with van der Waals surface area (Å²) in [4.78, 5) is 20.1. The Labute approximate surface area is 194 Å². The molecule has 5 aliphatic rings. The first kappa shape index (κ1) is 19.1. The molecule has 6 heterocycles. The smallest absolute Gasteiger partial charge is 0.249 e. The van der Waals surface area contributed by atoms with Crippen LogP contribution >= 0.6 is 11.3 Å². The van der Waals surface area contributed by atoms with Crippen LogP contribution in [0.15, 0.2) is 127 Å². The second kappa shape index (κ2) is 7.72. The zero-order valence-electron chi connectivity index (χ0n) is 15.3. The molecule has 4 nitrogen and oxygen atoms in total. The number of rotatable bonds is 1. The van der Waals surface area contributed by atoms with E-state index in [4.69, 9.17) is 9.98 Å². The van der Waals surface area contributed by atoms with Gasteiger partial charge < -0.3 is 0 Å². The molecule has 0 aliphatic carbocycles. The molecule has 0 fully saturated rings. The molecule has 0 radical (unpaired) electrons. The van der Waals surface area contributed by atoms with E-state index in [-0.39, 0.29) is 23.1 Å². The molecule has 30 heavy (non-hydrogen) atoms. The van der Waals surface area contributed by atoms with E-state index in [1.807, 2.05) is 60.8 Å². The Morgan fingerprint density at radius 3 is 1.70 bits per heavy atom. The van der Waals surface area contributed by atoms with Gasteiger partial charge in [-0.25, -0.2) is 20.0 Å². The number of hydrogen-bond acceptors (Lipinski definition) is 5. The van der Waals surface area contributed by atoms with Crippen molar-refractivity contribution in [3.8, 4) is 0 Å². The Hall–Kier alpha value is -2.93. The first-order valence-corrected chi connectivity index (χ1v) is 10.2. The van der Waals surface area contributed by atoms with Crippen LogP contribution in [-0.4, -0.2) is 45.9 Å². The fourth-order valence-electron chi connectivity index (χ4n) is 3.53. The van der Waals surface area contributed by atoms with Crippen molar-refractivity contribution in [2.24, 2.45) is 20.0 Å². The van der Waals surface area contributed by atoms with Crippen molar-refractivity contribution in [2.45, 2.75) is 0 Å². The van der Waals surface area contributed by atoms with Crippen molar-refractivity contribution in [3.05, 3.63) is 112 Å². The molecule has 8 bridgehead atoms. The van der Waals surface area contributed by atoms with E-state index >= 15 is 0 Å². The van der Waals surface area contributed by atoms with Crippen LogP contribution in [0.3, 0.4) is 0 Å². The zero-order valence-corrected chi connectivity index (χ0v) is 16.1. The minimum atomic E-state index is 0. The Morgan fingerprint density at radius 2 is 1.13 bits per heavy atom. The molecule has 0 spiro atoms. The minimum absolute atomic E-state index is 0. The molecule has 0 atom stereocenters. The van der Waals surface area contributed by atoms with Gasteiger partial charge in [0.2, 0.25) is 0 Å². The van der Waals surface area contributed by atoms with Gasteiger partial charge in [0.05, 0.1) is 45.6 Å². The van der Waals surface area contributed by atoms with Crippen molar-refractivity contribution < 1.29 is 0 Å². The van der Waals surface area contributed by atoms with E-state index in [0.717, 1.165) is 51.2 Å².